The Morgan fingerprint density at radius 3 is 3.00 bits per heavy atom. The fourth-order valence-electron chi connectivity index (χ4n) is 2.47. The summed E-state index contributed by atoms with van der Waals surface area (Å²) >= 11 is 0. The molecule has 1 amide bonds. The summed E-state index contributed by atoms with van der Waals surface area (Å²) in [6.07, 6.45) is 1.10. The van der Waals surface area contributed by atoms with Gasteiger partial charge in [0.25, 0.3) is 5.91 Å². The number of carbonyl (C=O) groups is 1. The van der Waals surface area contributed by atoms with E-state index in [2.05, 4.69) is 10.3 Å². The van der Waals surface area contributed by atoms with Crippen LogP contribution in [0, 0.1) is 0 Å². The predicted molar refractivity (Wildman–Crippen MR) is 63.5 cm³/mol. The van der Waals surface area contributed by atoms with E-state index in [-0.39, 0.29) is 24.7 Å². The highest BCUT2D eigenvalue weighted by Gasteiger charge is 2.32. The van der Waals surface area contributed by atoms with E-state index < -0.39 is 6.10 Å². The lowest BCUT2D eigenvalue weighted by Gasteiger charge is -2.33. The number of hydrogen-bond donors (Lipinski definition) is 3. The molecular weight excluding hydrogens is 238 g/mol. The van der Waals surface area contributed by atoms with Gasteiger partial charge in [-0.25, -0.2) is 5.84 Å². The third kappa shape index (κ3) is 3.39. The van der Waals surface area contributed by atoms with Crippen LogP contribution in [0.5, 0.6) is 0 Å². The molecule has 4 N–H and O–H groups in total. The minimum absolute atomic E-state index is 0.0419. The fourth-order valence-corrected chi connectivity index (χ4v) is 2.47. The van der Waals surface area contributed by atoms with E-state index in [1.54, 1.807) is 0 Å². The molecule has 18 heavy (non-hydrogen) atoms. The number of rotatable bonds is 4. The van der Waals surface area contributed by atoms with Crippen molar-refractivity contribution in [1.82, 2.24) is 10.3 Å². The Balaban J connectivity index is 1.75. The van der Waals surface area contributed by atoms with Gasteiger partial charge in [-0.05, 0) is 12.8 Å². The van der Waals surface area contributed by atoms with Gasteiger partial charge in [0, 0.05) is 19.6 Å². The van der Waals surface area contributed by atoms with Gasteiger partial charge < -0.3 is 14.6 Å². The lowest BCUT2D eigenvalue weighted by atomic mass is 10.1. The van der Waals surface area contributed by atoms with Gasteiger partial charge >= 0.3 is 0 Å². The van der Waals surface area contributed by atoms with Gasteiger partial charge in [0.15, 0.2) is 0 Å². The van der Waals surface area contributed by atoms with Crippen LogP contribution in [0.3, 0.4) is 0 Å². The first-order chi connectivity index (χ1) is 8.72. The summed E-state index contributed by atoms with van der Waals surface area (Å²) in [5.41, 5.74) is 2.12. The van der Waals surface area contributed by atoms with Crippen LogP contribution in [0.25, 0.3) is 0 Å². The number of aliphatic hydroxyl groups is 1. The van der Waals surface area contributed by atoms with Crippen LogP contribution in [0.2, 0.25) is 0 Å². The molecular formula is C11H21N3O4. The molecule has 0 aromatic carbocycles. The number of hydrogen-bond acceptors (Lipinski definition) is 6. The first kappa shape index (κ1) is 13.7. The highest BCUT2D eigenvalue weighted by molar-refractivity contribution is 5.80. The summed E-state index contributed by atoms with van der Waals surface area (Å²) in [7, 11) is 0. The topological polar surface area (TPSA) is 97.1 Å². The van der Waals surface area contributed by atoms with E-state index in [9.17, 15) is 4.79 Å². The van der Waals surface area contributed by atoms with Crippen molar-refractivity contribution in [2.24, 2.45) is 5.84 Å². The number of amides is 1. The number of hydrazine groups is 1. The molecule has 0 aromatic heterocycles. The zero-order chi connectivity index (χ0) is 13.0. The van der Waals surface area contributed by atoms with Crippen LogP contribution < -0.4 is 11.3 Å². The molecule has 0 radical (unpaired) electrons. The Morgan fingerprint density at radius 1 is 1.44 bits per heavy atom. The second-order valence-electron chi connectivity index (χ2n) is 4.77. The van der Waals surface area contributed by atoms with E-state index >= 15 is 0 Å². The summed E-state index contributed by atoms with van der Waals surface area (Å²) < 4.78 is 11.0. The second kappa shape index (κ2) is 6.44. The monoisotopic (exact) mass is 259 g/mol. The number of nitrogens with one attached hydrogen (secondary N) is 1. The van der Waals surface area contributed by atoms with Gasteiger partial charge in [-0.1, -0.05) is 0 Å². The lowest BCUT2D eigenvalue weighted by Crippen LogP contribution is -2.47. The third-order valence-corrected chi connectivity index (χ3v) is 3.43. The van der Waals surface area contributed by atoms with E-state index in [4.69, 9.17) is 20.4 Å². The molecule has 2 aliphatic heterocycles. The van der Waals surface area contributed by atoms with Gasteiger partial charge in [0.1, 0.15) is 6.10 Å². The quantitative estimate of drug-likeness (QED) is 0.314. The standard InChI is InChI=1S/C11H21N3O4/c12-13-11(16)10-2-1-8(18-10)5-14-3-4-17-9(6-14)7-15/h8-10,15H,1-7,12H2,(H,13,16). The first-order valence-corrected chi connectivity index (χ1v) is 6.33. The van der Waals surface area contributed by atoms with E-state index in [0.29, 0.717) is 19.6 Å². The van der Waals surface area contributed by atoms with Gasteiger partial charge in [-0.3, -0.25) is 15.1 Å². The fraction of sp³-hybridized carbons (Fsp3) is 0.909. The molecule has 0 bridgehead atoms. The molecule has 104 valence electrons. The van der Waals surface area contributed by atoms with Crippen LogP contribution in [-0.2, 0) is 14.3 Å². The Morgan fingerprint density at radius 2 is 2.28 bits per heavy atom. The zero-order valence-electron chi connectivity index (χ0n) is 10.4. The maximum atomic E-state index is 11.3. The molecule has 2 aliphatic rings. The van der Waals surface area contributed by atoms with Crippen LogP contribution >= 0.6 is 0 Å². The summed E-state index contributed by atoms with van der Waals surface area (Å²) in [6, 6.07) is 0. The number of ether oxygens (including phenoxy) is 2. The van der Waals surface area contributed by atoms with E-state index in [1.807, 2.05) is 0 Å². The molecule has 2 saturated heterocycles. The highest BCUT2D eigenvalue weighted by atomic mass is 16.5. The maximum absolute atomic E-state index is 11.3. The minimum Gasteiger partial charge on any atom is -0.394 e. The van der Waals surface area contributed by atoms with Crippen molar-refractivity contribution in [3.05, 3.63) is 0 Å². The summed E-state index contributed by atoms with van der Waals surface area (Å²) in [6.45, 7) is 2.99. The van der Waals surface area contributed by atoms with Crippen molar-refractivity contribution in [1.29, 1.82) is 0 Å². The number of carbonyl (C=O) groups excluding carboxylic acids is 1. The van der Waals surface area contributed by atoms with Crippen molar-refractivity contribution in [3.63, 3.8) is 0 Å². The van der Waals surface area contributed by atoms with Gasteiger partial charge in [-0.15, -0.1) is 0 Å². The number of aliphatic hydroxyl groups excluding tert-OH is 1. The molecule has 3 unspecified atom stereocenters. The lowest BCUT2D eigenvalue weighted by molar-refractivity contribution is -0.133. The normalized spacial score (nSPS) is 33.6. The summed E-state index contributed by atoms with van der Waals surface area (Å²) in [5.74, 6) is 4.83. The summed E-state index contributed by atoms with van der Waals surface area (Å²) in [5, 5.41) is 9.07. The zero-order valence-corrected chi connectivity index (χ0v) is 10.4. The SMILES string of the molecule is NNC(=O)C1CCC(CN2CCOC(CO)C2)O1. The van der Waals surface area contributed by atoms with Gasteiger partial charge in [0.05, 0.1) is 25.4 Å². The highest BCUT2D eigenvalue weighted by Crippen LogP contribution is 2.21. The van der Waals surface area contributed by atoms with E-state index in [0.717, 1.165) is 19.5 Å². The Labute approximate surface area is 106 Å². The Bertz CT molecular complexity index is 289. The van der Waals surface area contributed by atoms with Crippen LogP contribution in [0.15, 0.2) is 0 Å². The molecule has 7 nitrogen and oxygen atoms in total. The van der Waals surface area contributed by atoms with Gasteiger partial charge in [0.2, 0.25) is 0 Å². The average molecular weight is 259 g/mol. The van der Waals surface area contributed by atoms with Crippen molar-refractivity contribution < 1.29 is 19.4 Å². The second-order valence-corrected chi connectivity index (χ2v) is 4.77. The van der Waals surface area contributed by atoms with Gasteiger partial charge in [-0.2, -0.15) is 0 Å². The first-order valence-electron chi connectivity index (χ1n) is 6.33. The molecule has 0 saturated carbocycles. The molecule has 0 aliphatic carbocycles. The number of nitrogens with two attached hydrogens (primary N) is 1. The van der Waals surface area contributed by atoms with Crippen LogP contribution in [0.1, 0.15) is 12.8 Å². The largest absolute Gasteiger partial charge is 0.394 e. The van der Waals surface area contributed by atoms with Crippen molar-refractivity contribution in [2.45, 2.75) is 31.2 Å². The van der Waals surface area contributed by atoms with Crippen molar-refractivity contribution >= 4 is 5.91 Å². The smallest absolute Gasteiger partial charge is 0.263 e. The average Bonchev–Trinajstić information content (AvgIpc) is 2.86. The molecule has 0 spiro atoms. The molecule has 7 heteroatoms. The Kier molecular flexibility index (Phi) is 4.90. The number of nitrogens with zero attached hydrogens (tertiary/aromatic N) is 1. The molecule has 3 atom stereocenters. The third-order valence-electron chi connectivity index (χ3n) is 3.43. The molecule has 2 heterocycles. The molecule has 2 rings (SSSR count). The predicted octanol–water partition coefficient (Wildman–Crippen LogP) is -1.78. The van der Waals surface area contributed by atoms with Crippen LogP contribution in [-0.4, -0.2) is 67.1 Å². The maximum Gasteiger partial charge on any atom is 0.263 e. The molecule has 2 fully saturated rings. The van der Waals surface area contributed by atoms with E-state index in [1.165, 1.54) is 0 Å². The number of morpholine rings is 1. The van der Waals surface area contributed by atoms with Crippen molar-refractivity contribution in [2.75, 3.05) is 32.8 Å². The van der Waals surface area contributed by atoms with Crippen LogP contribution in [0.4, 0.5) is 0 Å². The van der Waals surface area contributed by atoms with Crippen molar-refractivity contribution in [3.8, 4) is 0 Å². The summed E-state index contributed by atoms with van der Waals surface area (Å²) in [4.78, 5) is 13.5. The minimum atomic E-state index is -0.422. The Hall–Kier alpha value is -0.730. The molecule has 0 aromatic rings.